The van der Waals surface area contributed by atoms with Crippen LogP contribution >= 0.6 is 11.6 Å². The van der Waals surface area contributed by atoms with E-state index in [1.165, 1.54) is 11.1 Å². The number of allylic oxidation sites excluding steroid dienone is 4. The van der Waals surface area contributed by atoms with Crippen molar-refractivity contribution in [2.45, 2.75) is 25.7 Å². The molecule has 0 aromatic rings. The highest BCUT2D eigenvalue weighted by atomic mass is 35.5. The van der Waals surface area contributed by atoms with Gasteiger partial charge >= 0.3 is 0 Å². The molecule has 0 N–H and O–H groups in total. The van der Waals surface area contributed by atoms with Crippen LogP contribution in [-0.4, -0.2) is 12.3 Å². The van der Waals surface area contributed by atoms with Crippen LogP contribution in [0.1, 0.15) is 25.7 Å². The van der Waals surface area contributed by atoms with Gasteiger partial charge in [-0.25, -0.2) is 0 Å². The molecule has 0 radical (unpaired) electrons. The second kappa shape index (κ2) is 5.71. The third kappa shape index (κ3) is 3.22. The van der Waals surface area contributed by atoms with E-state index in [0.717, 1.165) is 36.4 Å². The minimum absolute atomic E-state index is 0.471. The molecule has 0 atom stereocenters. The summed E-state index contributed by atoms with van der Waals surface area (Å²) in [5.74, 6) is 0. The van der Waals surface area contributed by atoms with Gasteiger partial charge in [0, 0.05) is 28.4 Å². The molecule has 1 aliphatic carbocycles. The molecule has 0 aromatic carbocycles. The van der Waals surface area contributed by atoms with Crippen LogP contribution in [0, 0.1) is 0 Å². The quantitative estimate of drug-likeness (QED) is 0.407. The largest absolute Gasteiger partial charge is 0.260 e. The molecule has 2 aliphatic rings. The van der Waals surface area contributed by atoms with Gasteiger partial charge in [-0.2, -0.15) is 0 Å². The monoisotopic (exact) mass is 248 g/mol. The number of hydrogen-bond acceptors (Lipinski definition) is 2. The number of hydrogen-bond donors (Lipinski definition) is 0. The van der Waals surface area contributed by atoms with E-state index < -0.39 is 0 Å². The molecule has 0 saturated carbocycles. The fourth-order valence-corrected chi connectivity index (χ4v) is 2.08. The van der Waals surface area contributed by atoms with Gasteiger partial charge in [0.15, 0.2) is 0 Å². The molecule has 0 bridgehead atoms. The maximum atomic E-state index is 8.26. The average molecular weight is 249 g/mol. The first-order chi connectivity index (χ1) is 8.29. The Kier molecular flexibility index (Phi) is 4.02. The topological polar surface area (TPSA) is 61.1 Å². The van der Waals surface area contributed by atoms with Crippen molar-refractivity contribution in [2.24, 2.45) is 10.1 Å². The summed E-state index contributed by atoms with van der Waals surface area (Å²) in [6, 6.07) is 0. The summed E-state index contributed by atoms with van der Waals surface area (Å²) in [6.07, 6.45) is 9.57. The first-order valence-electron chi connectivity index (χ1n) is 5.60. The van der Waals surface area contributed by atoms with Crippen molar-refractivity contribution >= 4 is 17.3 Å². The summed E-state index contributed by atoms with van der Waals surface area (Å²) in [5.41, 5.74) is 11.8. The van der Waals surface area contributed by atoms with Crippen LogP contribution in [0.3, 0.4) is 0 Å². The average Bonchev–Trinajstić information content (AvgIpc) is 2.38. The molecular formula is C12H13ClN4. The van der Waals surface area contributed by atoms with E-state index in [1.807, 2.05) is 6.08 Å². The van der Waals surface area contributed by atoms with Gasteiger partial charge in [-0.05, 0) is 36.8 Å². The Morgan fingerprint density at radius 1 is 1.29 bits per heavy atom. The van der Waals surface area contributed by atoms with Crippen molar-refractivity contribution in [2.75, 3.05) is 6.54 Å². The Hall–Kier alpha value is -1.51. The third-order valence-electron chi connectivity index (χ3n) is 2.90. The summed E-state index contributed by atoms with van der Waals surface area (Å²) >= 11 is 5.88. The van der Waals surface area contributed by atoms with Crippen LogP contribution in [0.25, 0.3) is 10.4 Å². The molecule has 4 nitrogen and oxygen atoms in total. The lowest BCUT2D eigenvalue weighted by Crippen LogP contribution is -2.08. The molecule has 1 heterocycles. The van der Waals surface area contributed by atoms with Gasteiger partial charge < -0.3 is 0 Å². The fourth-order valence-electron chi connectivity index (χ4n) is 1.93. The zero-order chi connectivity index (χ0) is 12.1. The van der Waals surface area contributed by atoms with E-state index in [9.17, 15) is 0 Å². The van der Waals surface area contributed by atoms with Gasteiger partial charge in [-0.3, -0.25) is 4.99 Å². The number of azide groups is 1. The molecule has 0 aromatic heterocycles. The van der Waals surface area contributed by atoms with Gasteiger partial charge in [0.05, 0.1) is 0 Å². The van der Waals surface area contributed by atoms with Gasteiger partial charge in [0.1, 0.15) is 0 Å². The van der Waals surface area contributed by atoms with Crippen LogP contribution in [-0.2, 0) is 0 Å². The maximum absolute atomic E-state index is 8.26. The van der Waals surface area contributed by atoms with Crippen LogP contribution in [0.2, 0.25) is 0 Å². The van der Waals surface area contributed by atoms with E-state index in [1.54, 1.807) is 6.20 Å². The predicted molar refractivity (Wildman–Crippen MR) is 70.0 cm³/mol. The predicted octanol–water partition coefficient (Wildman–Crippen LogP) is 4.26. The summed E-state index contributed by atoms with van der Waals surface area (Å²) < 4.78 is 0. The minimum Gasteiger partial charge on any atom is -0.260 e. The molecule has 1 aliphatic heterocycles. The smallest absolute Gasteiger partial charge is 0.0473 e. The lowest BCUT2D eigenvalue weighted by Gasteiger charge is -2.17. The second-order valence-corrected chi connectivity index (χ2v) is 4.54. The minimum atomic E-state index is 0.471. The van der Waals surface area contributed by atoms with Crippen LogP contribution in [0.4, 0.5) is 0 Å². The summed E-state index contributed by atoms with van der Waals surface area (Å²) in [7, 11) is 0. The number of nitrogens with zero attached hydrogens (tertiary/aromatic N) is 4. The molecule has 0 spiro atoms. The zero-order valence-electron chi connectivity index (χ0n) is 9.43. The van der Waals surface area contributed by atoms with Crippen LogP contribution in [0.15, 0.2) is 44.6 Å². The van der Waals surface area contributed by atoms with Gasteiger partial charge in [0.25, 0.3) is 0 Å². The van der Waals surface area contributed by atoms with E-state index in [-0.39, 0.29) is 0 Å². The van der Waals surface area contributed by atoms with E-state index in [2.05, 4.69) is 21.1 Å². The lowest BCUT2D eigenvalue weighted by molar-refractivity contribution is 0.884. The Morgan fingerprint density at radius 2 is 2.18 bits per heavy atom. The summed E-state index contributed by atoms with van der Waals surface area (Å²) in [6.45, 7) is 0.471. The van der Waals surface area contributed by atoms with Crippen LogP contribution < -0.4 is 0 Å². The Balaban J connectivity index is 2.07. The summed E-state index contributed by atoms with van der Waals surface area (Å²) in [5, 5.41) is 4.39. The Labute approximate surface area is 105 Å². The van der Waals surface area contributed by atoms with E-state index in [4.69, 9.17) is 17.1 Å². The molecule has 0 amide bonds. The van der Waals surface area contributed by atoms with Crippen molar-refractivity contribution in [3.8, 4) is 0 Å². The SMILES string of the molecule is [N-]=[N+]=NCC1=CC=C(C2=NC=C(Cl)CC2)CC1. The first-order valence-corrected chi connectivity index (χ1v) is 5.98. The van der Waals surface area contributed by atoms with Crippen molar-refractivity contribution in [3.63, 3.8) is 0 Å². The first kappa shape index (κ1) is 12.0. The molecular weight excluding hydrogens is 236 g/mol. The molecule has 0 saturated heterocycles. The molecule has 0 unspecified atom stereocenters. The number of halogens is 1. The molecule has 2 rings (SSSR count). The number of aliphatic imine (C=N–C) groups is 1. The standard InChI is InChI=1S/C12H13ClN4/c13-11-5-6-12(15-8-11)10-3-1-9(2-4-10)7-16-17-14/h1,3,8H,2,4-7H2. The van der Waals surface area contributed by atoms with Gasteiger partial charge in [0.2, 0.25) is 0 Å². The van der Waals surface area contributed by atoms with Crippen molar-refractivity contribution in [1.82, 2.24) is 0 Å². The van der Waals surface area contributed by atoms with E-state index >= 15 is 0 Å². The molecule has 0 fully saturated rings. The third-order valence-corrected chi connectivity index (χ3v) is 3.19. The Morgan fingerprint density at radius 3 is 2.76 bits per heavy atom. The molecule has 5 heteroatoms. The zero-order valence-corrected chi connectivity index (χ0v) is 10.2. The fraction of sp³-hybridized carbons (Fsp3) is 0.417. The van der Waals surface area contributed by atoms with Crippen LogP contribution in [0.5, 0.6) is 0 Å². The second-order valence-electron chi connectivity index (χ2n) is 4.06. The highest BCUT2D eigenvalue weighted by Crippen LogP contribution is 2.25. The molecule has 88 valence electrons. The number of rotatable bonds is 3. The Bertz CT molecular complexity index is 479. The van der Waals surface area contributed by atoms with Gasteiger partial charge in [-0.15, -0.1) is 0 Å². The van der Waals surface area contributed by atoms with E-state index in [0.29, 0.717) is 6.54 Å². The normalized spacial score (nSPS) is 19.6. The van der Waals surface area contributed by atoms with Gasteiger partial charge in [-0.1, -0.05) is 34.4 Å². The maximum Gasteiger partial charge on any atom is 0.0473 e. The summed E-state index contributed by atoms with van der Waals surface area (Å²) in [4.78, 5) is 7.13. The lowest BCUT2D eigenvalue weighted by atomic mass is 9.93. The van der Waals surface area contributed by atoms with Crippen molar-refractivity contribution in [1.29, 1.82) is 0 Å². The van der Waals surface area contributed by atoms with Crippen molar-refractivity contribution in [3.05, 3.63) is 45.0 Å². The molecule has 17 heavy (non-hydrogen) atoms. The highest BCUT2D eigenvalue weighted by molar-refractivity contribution is 6.30. The van der Waals surface area contributed by atoms with Crippen molar-refractivity contribution < 1.29 is 0 Å². The highest BCUT2D eigenvalue weighted by Gasteiger charge is 2.13.